The van der Waals surface area contributed by atoms with E-state index in [4.69, 9.17) is 5.73 Å². The molecule has 0 aliphatic heterocycles. The third-order valence-corrected chi connectivity index (χ3v) is 2.11. The summed E-state index contributed by atoms with van der Waals surface area (Å²) >= 11 is 0. The van der Waals surface area contributed by atoms with E-state index in [1.165, 1.54) is 4.57 Å². The molecule has 1 aromatic heterocycles. The molecule has 0 atom stereocenters. The Bertz CT molecular complexity index is 369. The van der Waals surface area contributed by atoms with E-state index in [0.29, 0.717) is 18.1 Å². The normalized spacial score (nSPS) is 9.40. The van der Waals surface area contributed by atoms with Crippen LogP contribution in [0.5, 0.6) is 0 Å². The molecular formula is C11H21N3O. The van der Waals surface area contributed by atoms with Crippen molar-refractivity contribution < 1.29 is 0 Å². The Hall–Kier alpha value is -1.32. The van der Waals surface area contributed by atoms with Gasteiger partial charge >= 0.3 is 0 Å². The van der Waals surface area contributed by atoms with Gasteiger partial charge in [-0.2, -0.15) is 0 Å². The zero-order valence-corrected chi connectivity index (χ0v) is 10.3. The second-order valence-corrected chi connectivity index (χ2v) is 3.14. The average molecular weight is 211 g/mol. The number of nitrogens with zero attached hydrogens (tertiary/aromatic N) is 2. The predicted octanol–water partition coefficient (Wildman–Crippen LogP) is 1.88. The highest BCUT2D eigenvalue weighted by Crippen LogP contribution is 2.02. The minimum absolute atomic E-state index is 0.0214. The maximum atomic E-state index is 11.6. The topological polar surface area (TPSA) is 60.9 Å². The molecule has 15 heavy (non-hydrogen) atoms. The predicted molar refractivity (Wildman–Crippen MR) is 64.0 cm³/mol. The number of anilines is 1. The quantitative estimate of drug-likeness (QED) is 0.812. The molecule has 0 saturated heterocycles. The molecule has 0 saturated carbocycles. The Morgan fingerprint density at radius 1 is 1.33 bits per heavy atom. The lowest BCUT2D eigenvalue weighted by molar-refractivity contribution is 0.645. The van der Waals surface area contributed by atoms with Crippen molar-refractivity contribution >= 4 is 5.95 Å². The van der Waals surface area contributed by atoms with Crippen LogP contribution in [0.3, 0.4) is 0 Å². The lowest BCUT2D eigenvalue weighted by Gasteiger charge is -2.09. The molecule has 0 aliphatic carbocycles. The zero-order valence-electron chi connectivity index (χ0n) is 10.3. The van der Waals surface area contributed by atoms with Gasteiger partial charge in [-0.05, 0) is 20.3 Å². The molecule has 0 aromatic carbocycles. The van der Waals surface area contributed by atoms with Gasteiger partial charge in [-0.15, -0.1) is 0 Å². The summed E-state index contributed by atoms with van der Waals surface area (Å²) < 4.78 is 1.52. The van der Waals surface area contributed by atoms with Crippen molar-refractivity contribution in [2.24, 2.45) is 0 Å². The van der Waals surface area contributed by atoms with Gasteiger partial charge in [0.25, 0.3) is 5.56 Å². The van der Waals surface area contributed by atoms with Crippen molar-refractivity contribution in [1.82, 2.24) is 9.55 Å². The van der Waals surface area contributed by atoms with Crippen LogP contribution in [0.1, 0.15) is 38.4 Å². The van der Waals surface area contributed by atoms with Gasteiger partial charge in [0.2, 0.25) is 5.95 Å². The number of rotatable bonds is 2. The Labute approximate surface area is 91.1 Å². The van der Waals surface area contributed by atoms with Crippen molar-refractivity contribution in [3.63, 3.8) is 0 Å². The Balaban J connectivity index is 0.000000921. The van der Waals surface area contributed by atoms with E-state index in [2.05, 4.69) is 4.98 Å². The van der Waals surface area contributed by atoms with E-state index in [1.807, 2.05) is 20.8 Å². The minimum Gasteiger partial charge on any atom is -0.369 e. The standard InChI is InChI=1S/C9H15N3O.C2H6/c1-4-5-12-8(13)6(2)7(3)11-9(12)10;1-2/h4-5H2,1-3H3,(H2,10,11);1-2H3. The molecule has 1 heterocycles. The third-order valence-electron chi connectivity index (χ3n) is 2.11. The molecule has 0 bridgehead atoms. The summed E-state index contributed by atoms with van der Waals surface area (Å²) in [5, 5.41) is 0. The highest BCUT2D eigenvalue weighted by atomic mass is 16.1. The molecule has 0 radical (unpaired) electrons. The van der Waals surface area contributed by atoms with Crippen LogP contribution in [-0.4, -0.2) is 9.55 Å². The Morgan fingerprint density at radius 2 is 1.87 bits per heavy atom. The van der Waals surface area contributed by atoms with Gasteiger partial charge in [-0.3, -0.25) is 9.36 Å². The van der Waals surface area contributed by atoms with Crippen LogP contribution in [0.25, 0.3) is 0 Å². The fourth-order valence-corrected chi connectivity index (χ4v) is 1.22. The molecule has 1 rings (SSSR count). The fourth-order valence-electron chi connectivity index (χ4n) is 1.22. The van der Waals surface area contributed by atoms with Crippen LogP contribution in [-0.2, 0) is 6.54 Å². The summed E-state index contributed by atoms with van der Waals surface area (Å²) in [7, 11) is 0. The van der Waals surface area contributed by atoms with E-state index in [9.17, 15) is 4.79 Å². The summed E-state index contributed by atoms with van der Waals surface area (Å²) in [5.41, 5.74) is 7.01. The van der Waals surface area contributed by atoms with E-state index >= 15 is 0 Å². The Morgan fingerprint density at radius 3 is 2.33 bits per heavy atom. The number of hydrogen-bond donors (Lipinski definition) is 1. The van der Waals surface area contributed by atoms with Gasteiger partial charge in [-0.25, -0.2) is 4.98 Å². The lowest BCUT2D eigenvalue weighted by atomic mass is 10.2. The molecule has 4 nitrogen and oxygen atoms in total. The first-order valence-corrected chi connectivity index (χ1v) is 5.41. The van der Waals surface area contributed by atoms with Crippen molar-refractivity contribution in [2.75, 3.05) is 5.73 Å². The van der Waals surface area contributed by atoms with Crippen LogP contribution in [0, 0.1) is 13.8 Å². The van der Waals surface area contributed by atoms with Crippen molar-refractivity contribution in [3.05, 3.63) is 21.6 Å². The van der Waals surface area contributed by atoms with Crippen LogP contribution >= 0.6 is 0 Å². The molecule has 0 unspecified atom stereocenters. The smallest absolute Gasteiger partial charge is 0.258 e. The first-order chi connectivity index (χ1) is 7.07. The van der Waals surface area contributed by atoms with Gasteiger partial charge in [0.1, 0.15) is 0 Å². The van der Waals surface area contributed by atoms with Crippen molar-refractivity contribution in [3.8, 4) is 0 Å². The molecule has 1 aromatic rings. The fraction of sp³-hybridized carbons (Fsp3) is 0.636. The molecule has 2 N–H and O–H groups in total. The van der Waals surface area contributed by atoms with Gasteiger partial charge in [0.15, 0.2) is 0 Å². The SMILES string of the molecule is CC.CCCn1c(N)nc(C)c(C)c1=O. The number of aromatic nitrogens is 2. The van der Waals surface area contributed by atoms with Gasteiger partial charge < -0.3 is 5.73 Å². The second-order valence-electron chi connectivity index (χ2n) is 3.14. The number of nitrogen functional groups attached to an aromatic ring is 1. The lowest BCUT2D eigenvalue weighted by Crippen LogP contribution is -2.27. The second kappa shape index (κ2) is 6.22. The molecular weight excluding hydrogens is 190 g/mol. The highest BCUT2D eigenvalue weighted by Gasteiger charge is 2.06. The van der Waals surface area contributed by atoms with Crippen molar-refractivity contribution in [1.29, 1.82) is 0 Å². The van der Waals surface area contributed by atoms with E-state index < -0.39 is 0 Å². The monoisotopic (exact) mass is 211 g/mol. The van der Waals surface area contributed by atoms with Crippen LogP contribution in [0.4, 0.5) is 5.95 Å². The van der Waals surface area contributed by atoms with Gasteiger partial charge in [-0.1, -0.05) is 20.8 Å². The summed E-state index contributed by atoms with van der Waals surface area (Å²) in [5.74, 6) is 0.315. The number of nitrogens with two attached hydrogens (primary N) is 1. The van der Waals surface area contributed by atoms with Crippen LogP contribution < -0.4 is 11.3 Å². The molecule has 0 fully saturated rings. The van der Waals surface area contributed by atoms with E-state index in [0.717, 1.165) is 12.1 Å². The van der Waals surface area contributed by atoms with Crippen LogP contribution in [0.15, 0.2) is 4.79 Å². The summed E-state index contributed by atoms with van der Waals surface area (Å²) in [6.45, 7) is 10.2. The molecule has 86 valence electrons. The molecule has 0 spiro atoms. The maximum Gasteiger partial charge on any atom is 0.258 e. The number of aryl methyl sites for hydroxylation is 1. The summed E-state index contributed by atoms with van der Waals surface area (Å²) in [6.07, 6.45) is 0.883. The largest absolute Gasteiger partial charge is 0.369 e. The average Bonchev–Trinajstić information content (AvgIpc) is 2.24. The number of hydrogen-bond acceptors (Lipinski definition) is 3. The molecule has 0 aliphatic rings. The van der Waals surface area contributed by atoms with Gasteiger partial charge in [0.05, 0.1) is 0 Å². The van der Waals surface area contributed by atoms with E-state index in [-0.39, 0.29) is 5.56 Å². The minimum atomic E-state index is -0.0214. The molecule has 4 heteroatoms. The highest BCUT2D eigenvalue weighted by molar-refractivity contribution is 5.25. The summed E-state index contributed by atoms with van der Waals surface area (Å²) in [4.78, 5) is 15.7. The first kappa shape index (κ1) is 13.7. The maximum absolute atomic E-state index is 11.6. The summed E-state index contributed by atoms with van der Waals surface area (Å²) in [6, 6.07) is 0. The third kappa shape index (κ3) is 3.08. The van der Waals surface area contributed by atoms with Crippen molar-refractivity contribution in [2.45, 2.75) is 47.6 Å². The van der Waals surface area contributed by atoms with Gasteiger partial charge in [0, 0.05) is 17.8 Å². The van der Waals surface area contributed by atoms with E-state index in [1.54, 1.807) is 13.8 Å². The molecule has 0 amide bonds. The van der Waals surface area contributed by atoms with Crippen LogP contribution in [0.2, 0.25) is 0 Å². The first-order valence-electron chi connectivity index (χ1n) is 5.41. The zero-order chi connectivity index (χ0) is 12.0. The Kier molecular flexibility index (Phi) is 5.67.